The number of nitrogens with zero attached hydrogens (tertiary/aromatic N) is 4. The predicted octanol–water partition coefficient (Wildman–Crippen LogP) is 4.81. The molecule has 32 heavy (non-hydrogen) atoms. The van der Waals surface area contributed by atoms with E-state index < -0.39 is 5.95 Å². The minimum Gasteiger partial charge on any atom is -0.344 e. The highest BCUT2D eigenvalue weighted by atomic mass is 35.5. The third kappa shape index (κ3) is 4.07. The van der Waals surface area contributed by atoms with Gasteiger partial charge in [-0.3, -0.25) is 9.78 Å². The molecule has 0 fully saturated rings. The molecule has 1 aliphatic carbocycles. The number of carbonyl (C=O) groups is 1. The minimum atomic E-state index is -0.649. The molecule has 0 bridgehead atoms. The second-order valence-electron chi connectivity index (χ2n) is 7.44. The van der Waals surface area contributed by atoms with Gasteiger partial charge in [0, 0.05) is 40.3 Å². The maximum atomic E-state index is 13.7. The van der Waals surface area contributed by atoms with Crippen LogP contribution in [0, 0.1) is 5.95 Å². The van der Waals surface area contributed by atoms with Gasteiger partial charge in [-0.1, -0.05) is 29.8 Å². The van der Waals surface area contributed by atoms with Gasteiger partial charge in [0.1, 0.15) is 5.69 Å². The number of aryl methyl sites for hydroxylation is 1. The topological polar surface area (TPSA) is 80.7 Å². The van der Waals surface area contributed by atoms with Crippen LogP contribution < -0.4 is 5.32 Å². The molecular formula is C24H17ClFN5O. The first-order valence-electron chi connectivity index (χ1n) is 10.1. The molecule has 0 saturated carbocycles. The quantitative estimate of drug-likeness (QED) is 0.456. The molecule has 0 radical (unpaired) electrons. The highest BCUT2D eigenvalue weighted by molar-refractivity contribution is 6.30. The van der Waals surface area contributed by atoms with Crippen LogP contribution in [0.5, 0.6) is 0 Å². The van der Waals surface area contributed by atoms with Crippen molar-refractivity contribution in [1.29, 1.82) is 0 Å². The zero-order valence-corrected chi connectivity index (χ0v) is 17.6. The second kappa shape index (κ2) is 8.43. The summed E-state index contributed by atoms with van der Waals surface area (Å²) in [5.41, 5.74) is 3.92. The van der Waals surface area contributed by atoms with Gasteiger partial charge in [-0.05, 0) is 48.7 Å². The number of carbonyl (C=O) groups excluding carboxylic acids is 1. The van der Waals surface area contributed by atoms with E-state index in [1.165, 1.54) is 12.3 Å². The van der Waals surface area contributed by atoms with Crippen molar-refractivity contribution in [1.82, 2.24) is 25.3 Å². The van der Waals surface area contributed by atoms with Gasteiger partial charge in [0.2, 0.25) is 5.95 Å². The summed E-state index contributed by atoms with van der Waals surface area (Å²) >= 11 is 6.01. The second-order valence-corrected chi connectivity index (χ2v) is 7.88. The van der Waals surface area contributed by atoms with E-state index in [2.05, 4.69) is 25.3 Å². The first-order chi connectivity index (χ1) is 15.6. The van der Waals surface area contributed by atoms with Crippen LogP contribution in [0.15, 0.2) is 67.0 Å². The molecule has 1 aliphatic rings. The van der Waals surface area contributed by atoms with Gasteiger partial charge >= 0.3 is 0 Å². The summed E-state index contributed by atoms with van der Waals surface area (Å²) in [5.74, 6) is -0.749. The van der Waals surface area contributed by atoms with Gasteiger partial charge < -0.3 is 5.32 Å². The SMILES string of the molecule is O=C(N[C@H]1CCc2ncccc21)c1cc(-c2ccc(Cl)cc2)nc(-c2ccnc(F)c2)n1. The Bertz CT molecular complexity index is 1310. The maximum absolute atomic E-state index is 13.7. The lowest BCUT2D eigenvalue weighted by Crippen LogP contribution is -2.28. The fourth-order valence-electron chi connectivity index (χ4n) is 3.80. The third-order valence-electron chi connectivity index (χ3n) is 5.36. The fourth-order valence-corrected chi connectivity index (χ4v) is 3.92. The lowest BCUT2D eigenvalue weighted by atomic mass is 10.1. The molecule has 4 aromatic rings. The molecule has 158 valence electrons. The Morgan fingerprint density at radius 1 is 1.00 bits per heavy atom. The Kier molecular flexibility index (Phi) is 5.33. The van der Waals surface area contributed by atoms with E-state index >= 15 is 0 Å². The highest BCUT2D eigenvalue weighted by Crippen LogP contribution is 2.30. The minimum absolute atomic E-state index is 0.137. The van der Waals surface area contributed by atoms with Crippen molar-refractivity contribution in [3.63, 3.8) is 0 Å². The molecule has 3 aromatic heterocycles. The molecule has 8 heteroatoms. The predicted molar refractivity (Wildman–Crippen MR) is 118 cm³/mol. The molecule has 3 heterocycles. The fraction of sp³-hybridized carbons (Fsp3) is 0.125. The van der Waals surface area contributed by atoms with Gasteiger partial charge in [-0.15, -0.1) is 0 Å². The van der Waals surface area contributed by atoms with Gasteiger partial charge in [-0.25, -0.2) is 15.0 Å². The number of halogens is 2. The van der Waals surface area contributed by atoms with Crippen LogP contribution in [-0.4, -0.2) is 25.8 Å². The maximum Gasteiger partial charge on any atom is 0.270 e. The number of nitrogens with one attached hydrogen (secondary N) is 1. The standard InChI is InChI=1S/C24H17ClFN5O/c25-16-5-3-14(4-6-16)20-13-21(30-23(29-20)15-9-11-28-22(26)12-15)24(32)31-19-8-7-18-17(19)2-1-10-27-18/h1-6,9-13,19H,7-8H2,(H,31,32)/t19-/m0/s1. The Balaban J connectivity index is 1.53. The zero-order valence-electron chi connectivity index (χ0n) is 16.8. The first-order valence-corrected chi connectivity index (χ1v) is 10.5. The van der Waals surface area contributed by atoms with Crippen molar-refractivity contribution in [2.24, 2.45) is 0 Å². The van der Waals surface area contributed by atoms with Crippen LogP contribution in [0.4, 0.5) is 4.39 Å². The molecule has 1 amide bonds. The molecule has 5 rings (SSSR count). The largest absolute Gasteiger partial charge is 0.344 e. The lowest BCUT2D eigenvalue weighted by molar-refractivity contribution is 0.0931. The average molecular weight is 446 g/mol. The van der Waals surface area contributed by atoms with E-state index in [4.69, 9.17) is 11.6 Å². The van der Waals surface area contributed by atoms with E-state index in [1.807, 2.05) is 24.3 Å². The normalized spacial score (nSPS) is 14.8. The van der Waals surface area contributed by atoms with E-state index in [-0.39, 0.29) is 23.5 Å². The van der Waals surface area contributed by atoms with E-state index in [0.29, 0.717) is 16.3 Å². The van der Waals surface area contributed by atoms with Crippen molar-refractivity contribution >= 4 is 17.5 Å². The van der Waals surface area contributed by atoms with Crippen molar-refractivity contribution in [3.8, 4) is 22.6 Å². The van der Waals surface area contributed by atoms with Gasteiger partial charge in [0.25, 0.3) is 5.91 Å². The van der Waals surface area contributed by atoms with E-state index in [1.54, 1.807) is 30.5 Å². The van der Waals surface area contributed by atoms with Crippen LogP contribution in [-0.2, 0) is 6.42 Å². The summed E-state index contributed by atoms with van der Waals surface area (Å²) in [6.07, 6.45) is 4.68. The summed E-state index contributed by atoms with van der Waals surface area (Å²) in [4.78, 5) is 30.1. The molecule has 1 N–H and O–H groups in total. The summed E-state index contributed by atoms with van der Waals surface area (Å²) in [5, 5.41) is 3.64. The number of fused-ring (bicyclic) bond motifs is 1. The van der Waals surface area contributed by atoms with Crippen LogP contribution in [0.25, 0.3) is 22.6 Å². The van der Waals surface area contributed by atoms with Crippen molar-refractivity contribution in [3.05, 3.63) is 94.9 Å². The molecule has 0 unspecified atom stereocenters. The molecule has 1 aromatic carbocycles. The molecule has 0 aliphatic heterocycles. The smallest absolute Gasteiger partial charge is 0.270 e. The van der Waals surface area contributed by atoms with Crippen molar-refractivity contribution < 1.29 is 9.18 Å². The van der Waals surface area contributed by atoms with Crippen LogP contribution >= 0.6 is 11.6 Å². The Morgan fingerprint density at radius 3 is 2.66 bits per heavy atom. The van der Waals surface area contributed by atoms with E-state index in [9.17, 15) is 9.18 Å². The Hall–Kier alpha value is -3.71. The number of amides is 1. The van der Waals surface area contributed by atoms with Crippen molar-refractivity contribution in [2.75, 3.05) is 0 Å². The third-order valence-corrected chi connectivity index (χ3v) is 5.61. The first kappa shape index (κ1) is 20.2. The number of pyridine rings is 2. The molecule has 0 saturated heterocycles. The van der Waals surface area contributed by atoms with Gasteiger partial charge in [0.05, 0.1) is 11.7 Å². The lowest BCUT2D eigenvalue weighted by Gasteiger charge is -2.14. The van der Waals surface area contributed by atoms with Crippen LogP contribution in [0.3, 0.4) is 0 Å². The summed E-state index contributed by atoms with van der Waals surface area (Å²) in [7, 11) is 0. The number of aromatic nitrogens is 4. The number of hydrogen-bond acceptors (Lipinski definition) is 5. The number of hydrogen-bond donors (Lipinski definition) is 1. The summed E-state index contributed by atoms with van der Waals surface area (Å²) in [6.45, 7) is 0. The van der Waals surface area contributed by atoms with Crippen LogP contribution in [0.1, 0.15) is 34.2 Å². The van der Waals surface area contributed by atoms with Crippen LogP contribution in [0.2, 0.25) is 5.02 Å². The monoisotopic (exact) mass is 445 g/mol. The summed E-state index contributed by atoms with van der Waals surface area (Å²) in [6, 6.07) is 15.3. The van der Waals surface area contributed by atoms with Gasteiger partial charge in [-0.2, -0.15) is 4.39 Å². The van der Waals surface area contributed by atoms with E-state index in [0.717, 1.165) is 29.7 Å². The molecule has 0 spiro atoms. The Morgan fingerprint density at radius 2 is 1.84 bits per heavy atom. The zero-order chi connectivity index (χ0) is 22.1. The average Bonchev–Trinajstić information content (AvgIpc) is 3.22. The molecule has 1 atom stereocenters. The highest BCUT2D eigenvalue weighted by Gasteiger charge is 2.26. The molecule has 6 nitrogen and oxygen atoms in total. The molecular weight excluding hydrogens is 429 g/mol. The number of rotatable bonds is 4. The number of benzene rings is 1. The van der Waals surface area contributed by atoms with Gasteiger partial charge in [0.15, 0.2) is 5.82 Å². The van der Waals surface area contributed by atoms with Crippen molar-refractivity contribution in [2.45, 2.75) is 18.9 Å². The Labute approximate surface area is 188 Å². The summed E-state index contributed by atoms with van der Waals surface area (Å²) < 4.78 is 13.7.